The molecule has 0 radical (unpaired) electrons. The second kappa shape index (κ2) is 8.46. The standard InChI is InChI=1S/C22H21NO7/c1-14-18(15-7-5-4-6-8-15)13-30-19(16-9-11-17(12-10-16)23(26)27)22(14,20(24)28-2)21(25)29-3/h4-12,19H,13H2,1-3H3. The lowest BCUT2D eigenvalue weighted by Gasteiger charge is -2.41. The fourth-order valence-electron chi connectivity index (χ4n) is 3.82. The minimum Gasteiger partial charge on any atom is -0.468 e. The van der Waals surface area contributed by atoms with E-state index in [9.17, 15) is 19.7 Å². The first-order valence-electron chi connectivity index (χ1n) is 9.16. The third kappa shape index (κ3) is 3.35. The van der Waals surface area contributed by atoms with Crippen LogP contribution in [0.4, 0.5) is 5.69 Å². The zero-order valence-corrected chi connectivity index (χ0v) is 16.8. The number of hydrogen-bond acceptors (Lipinski definition) is 7. The summed E-state index contributed by atoms with van der Waals surface area (Å²) in [5.41, 5.74) is 0.320. The van der Waals surface area contributed by atoms with E-state index in [1.54, 1.807) is 6.92 Å². The van der Waals surface area contributed by atoms with Crippen LogP contribution < -0.4 is 0 Å². The molecule has 0 spiro atoms. The number of carbonyl (C=O) groups is 2. The number of benzene rings is 2. The Morgan fingerprint density at radius 1 is 1.03 bits per heavy atom. The lowest BCUT2D eigenvalue weighted by atomic mass is 9.69. The summed E-state index contributed by atoms with van der Waals surface area (Å²) in [5, 5.41) is 11.0. The molecular weight excluding hydrogens is 390 g/mol. The van der Waals surface area contributed by atoms with Crippen molar-refractivity contribution in [2.45, 2.75) is 13.0 Å². The lowest BCUT2D eigenvalue weighted by molar-refractivity contribution is -0.384. The zero-order chi connectivity index (χ0) is 21.9. The lowest BCUT2D eigenvalue weighted by Crippen LogP contribution is -2.50. The largest absolute Gasteiger partial charge is 0.468 e. The van der Waals surface area contributed by atoms with Crippen LogP contribution in [0, 0.1) is 15.5 Å². The zero-order valence-electron chi connectivity index (χ0n) is 16.8. The summed E-state index contributed by atoms with van der Waals surface area (Å²) in [7, 11) is 2.37. The number of rotatable bonds is 5. The van der Waals surface area contributed by atoms with Crippen LogP contribution in [0.15, 0.2) is 60.2 Å². The molecule has 1 unspecified atom stereocenters. The molecule has 30 heavy (non-hydrogen) atoms. The number of nitro benzene ring substituents is 1. The molecule has 0 amide bonds. The Balaban J connectivity index is 2.25. The van der Waals surface area contributed by atoms with Crippen LogP contribution in [0.1, 0.15) is 24.2 Å². The number of hydrogen-bond donors (Lipinski definition) is 0. The molecule has 1 heterocycles. The fraction of sp³-hybridized carbons (Fsp3) is 0.273. The van der Waals surface area contributed by atoms with E-state index < -0.39 is 28.4 Å². The van der Waals surface area contributed by atoms with Crippen molar-refractivity contribution in [1.82, 2.24) is 0 Å². The molecule has 0 fully saturated rings. The first-order chi connectivity index (χ1) is 14.4. The Morgan fingerprint density at radius 2 is 1.60 bits per heavy atom. The van der Waals surface area contributed by atoms with E-state index in [4.69, 9.17) is 14.2 Å². The molecule has 1 aliphatic rings. The van der Waals surface area contributed by atoms with Crippen LogP contribution in [-0.4, -0.2) is 37.7 Å². The fourth-order valence-corrected chi connectivity index (χ4v) is 3.82. The van der Waals surface area contributed by atoms with Crippen molar-refractivity contribution in [3.05, 3.63) is 81.4 Å². The minimum atomic E-state index is -1.90. The number of esters is 2. The molecule has 0 saturated heterocycles. The molecule has 8 nitrogen and oxygen atoms in total. The van der Waals surface area contributed by atoms with Gasteiger partial charge in [0, 0.05) is 12.1 Å². The first-order valence-corrected chi connectivity index (χ1v) is 9.16. The number of ether oxygens (including phenoxy) is 3. The maximum absolute atomic E-state index is 13.1. The van der Waals surface area contributed by atoms with Crippen molar-refractivity contribution in [2.75, 3.05) is 20.8 Å². The van der Waals surface area contributed by atoms with Crippen LogP contribution in [0.25, 0.3) is 5.57 Å². The van der Waals surface area contributed by atoms with E-state index in [1.807, 2.05) is 30.3 Å². The van der Waals surface area contributed by atoms with Gasteiger partial charge in [-0.1, -0.05) is 30.3 Å². The van der Waals surface area contributed by atoms with Crippen molar-refractivity contribution < 1.29 is 28.7 Å². The van der Waals surface area contributed by atoms with Gasteiger partial charge in [0.05, 0.1) is 25.7 Å². The number of methoxy groups -OCH3 is 2. The van der Waals surface area contributed by atoms with Crippen LogP contribution in [0.5, 0.6) is 0 Å². The molecule has 0 bridgehead atoms. The number of nitrogens with zero attached hydrogens (tertiary/aromatic N) is 1. The molecule has 8 heteroatoms. The maximum atomic E-state index is 13.1. The van der Waals surface area contributed by atoms with E-state index in [0.717, 1.165) is 5.56 Å². The van der Waals surface area contributed by atoms with Crippen molar-refractivity contribution in [3.8, 4) is 0 Å². The normalized spacial score (nSPS) is 17.9. The quantitative estimate of drug-likeness (QED) is 0.321. The van der Waals surface area contributed by atoms with Gasteiger partial charge in [-0.05, 0) is 41.3 Å². The predicted molar refractivity (Wildman–Crippen MR) is 107 cm³/mol. The Hall–Kier alpha value is -3.52. The average molecular weight is 411 g/mol. The van der Waals surface area contributed by atoms with Crippen molar-refractivity contribution >= 4 is 23.2 Å². The van der Waals surface area contributed by atoms with E-state index in [2.05, 4.69) is 0 Å². The van der Waals surface area contributed by atoms with Crippen molar-refractivity contribution in [1.29, 1.82) is 0 Å². The molecule has 0 N–H and O–H groups in total. The molecule has 156 valence electrons. The summed E-state index contributed by atoms with van der Waals surface area (Å²) in [6.07, 6.45) is -1.08. The van der Waals surface area contributed by atoms with Gasteiger partial charge in [-0.2, -0.15) is 0 Å². The third-order valence-electron chi connectivity index (χ3n) is 5.38. The van der Waals surface area contributed by atoms with Gasteiger partial charge in [0.1, 0.15) is 6.10 Å². The molecule has 0 saturated carbocycles. The maximum Gasteiger partial charge on any atom is 0.330 e. The van der Waals surface area contributed by atoms with Crippen LogP contribution in [0.2, 0.25) is 0 Å². The highest BCUT2D eigenvalue weighted by atomic mass is 16.6. The van der Waals surface area contributed by atoms with E-state index in [0.29, 0.717) is 16.7 Å². The van der Waals surface area contributed by atoms with Crippen molar-refractivity contribution in [3.63, 3.8) is 0 Å². The van der Waals surface area contributed by atoms with Gasteiger partial charge in [-0.25, -0.2) is 0 Å². The van der Waals surface area contributed by atoms with Gasteiger partial charge in [0.2, 0.25) is 5.41 Å². The molecule has 1 aliphatic heterocycles. The summed E-state index contributed by atoms with van der Waals surface area (Å²) in [5.74, 6) is -1.66. The Bertz CT molecular complexity index is 980. The summed E-state index contributed by atoms with van der Waals surface area (Å²) < 4.78 is 16.1. The Kier molecular flexibility index (Phi) is 5.98. The Labute approximate surface area is 173 Å². The predicted octanol–water partition coefficient (Wildman–Crippen LogP) is 3.47. The van der Waals surface area contributed by atoms with Crippen LogP contribution in [-0.2, 0) is 23.8 Å². The van der Waals surface area contributed by atoms with Crippen LogP contribution in [0.3, 0.4) is 0 Å². The third-order valence-corrected chi connectivity index (χ3v) is 5.38. The molecule has 3 rings (SSSR count). The van der Waals surface area contributed by atoms with Gasteiger partial charge in [-0.3, -0.25) is 19.7 Å². The second-order valence-electron chi connectivity index (χ2n) is 6.80. The van der Waals surface area contributed by atoms with Gasteiger partial charge in [-0.15, -0.1) is 0 Å². The Morgan fingerprint density at radius 3 is 2.10 bits per heavy atom. The monoisotopic (exact) mass is 411 g/mol. The molecule has 0 aromatic heterocycles. The van der Waals surface area contributed by atoms with Gasteiger partial charge >= 0.3 is 11.9 Å². The van der Waals surface area contributed by atoms with E-state index in [1.165, 1.54) is 38.5 Å². The summed E-state index contributed by atoms with van der Waals surface area (Å²) >= 11 is 0. The summed E-state index contributed by atoms with van der Waals surface area (Å²) in [4.78, 5) is 36.6. The number of non-ortho nitro benzene ring substituents is 1. The van der Waals surface area contributed by atoms with Gasteiger partial charge in [0.25, 0.3) is 5.69 Å². The summed E-state index contributed by atoms with van der Waals surface area (Å²) in [6.45, 7) is 1.81. The molecule has 1 atom stereocenters. The minimum absolute atomic E-state index is 0.117. The molecule has 2 aromatic rings. The van der Waals surface area contributed by atoms with E-state index >= 15 is 0 Å². The van der Waals surface area contributed by atoms with Crippen LogP contribution >= 0.6 is 0 Å². The number of carbonyl (C=O) groups excluding carboxylic acids is 2. The average Bonchev–Trinajstić information content (AvgIpc) is 2.78. The topological polar surface area (TPSA) is 105 Å². The first kappa shape index (κ1) is 21.2. The number of nitro groups is 1. The highest BCUT2D eigenvalue weighted by Gasteiger charge is 2.60. The molecule has 2 aromatic carbocycles. The SMILES string of the molecule is COC(=O)C1(C(=O)OC)C(C)=C(c2ccccc2)COC1c1ccc([N+](=O)[O-])cc1. The van der Waals surface area contributed by atoms with Crippen molar-refractivity contribution in [2.24, 2.45) is 5.41 Å². The highest BCUT2D eigenvalue weighted by Crippen LogP contribution is 2.51. The highest BCUT2D eigenvalue weighted by molar-refractivity contribution is 6.06. The van der Waals surface area contributed by atoms with Gasteiger partial charge in [0.15, 0.2) is 0 Å². The van der Waals surface area contributed by atoms with E-state index in [-0.39, 0.29) is 12.3 Å². The summed E-state index contributed by atoms with van der Waals surface area (Å²) in [6, 6.07) is 14.8. The molecule has 0 aliphatic carbocycles. The molecular formula is C22H21NO7. The smallest absolute Gasteiger partial charge is 0.330 e. The second-order valence-corrected chi connectivity index (χ2v) is 6.80. The van der Waals surface area contributed by atoms with Gasteiger partial charge < -0.3 is 14.2 Å².